The van der Waals surface area contributed by atoms with Crippen LogP contribution in [-0.2, 0) is 38.1 Å². The Morgan fingerprint density at radius 2 is 0.810 bits per heavy atom. The van der Waals surface area contributed by atoms with Gasteiger partial charge in [-0.15, -0.1) is 0 Å². The minimum Gasteiger partial charge on any atom is -0.461 e. The first-order valence-corrected chi connectivity index (χ1v) is 21.0. The third-order valence-corrected chi connectivity index (χ3v) is 11.2. The van der Waals surface area contributed by atoms with Crippen LogP contribution in [0.15, 0.2) is 48.6 Å². The van der Waals surface area contributed by atoms with E-state index in [4.69, 9.17) is 18.9 Å². The lowest BCUT2D eigenvalue weighted by molar-refractivity contribution is -0.317. The minimum atomic E-state index is -2.24. The van der Waals surface area contributed by atoms with Crippen molar-refractivity contribution in [1.82, 2.24) is 0 Å². The average molecular weight is 821 g/mol. The van der Waals surface area contributed by atoms with Gasteiger partial charge in [-0.05, 0) is 90.9 Å². The van der Waals surface area contributed by atoms with Gasteiger partial charge in [0, 0.05) is 37.5 Å². The second-order valence-corrected chi connectivity index (χ2v) is 16.5. The number of Topliss-reactive ketones (excluding diaryl/α,β-unsaturated/α-hetero) is 2. The first-order valence-electron chi connectivity index (χ1n) is 21.0. The summed E-state index contributed by atoms with van der Waals surface area (Å²) in [5.74, 6) is -8.28. The number of esters is 2. The van der Waals surface area contributed by atoms with Crippen molar-refractivity contribution in [2.75, 3.05) is 0 Å². The van der Waals surface area contributed by atoms with Crippen molar-refractivity contribution in [3.05, 3.63) is 48.6 Å². The molecule has 2 fully saturated rings. The monoisotopic (exact) mass is 820 g/mol. The first-order chi connectivity index (χ1) is 27.4. The molecule has 2 saturated heterocycles. The second-order valence-electron chi connectivity index (χ2n) is 16.5. The van der Waals surface area contributed by atoms with E-state index in [1.807, 2.05) is 24.3 Å². The van der Waals surface area contributed by atoms with Gasteiger partial charge in [0.2, 0.25) is 23.8 Å². The van der Waals surface area contributed by atoms with Gasteiger partial charge in [-0.2, -0.15) is 0 Å². The highest BCUT2D eigenvalue weighted by Gasteiger charge is 2.52. The van der Waals surface area contributed by atoms with Crippen LogP contribution in [0.5, 0.6) is 0 Å². The lowest BCUT2D eigenvalue weighted by Gasteiger charge is -2.43. The van der Waals surface area contributed by atoms with Crippen molar-refractivity contribution < 1.29 is 68.8 Å². The van der Waals surface area contributed by atoms with Crippen molar-refractivity contribution in [1.29, 1.82) is 0 Å². The number of rotatable bonds is 0. The molecule has 3 heterocycles. The third-order valence-electron chi connectivity index (χ3n) is 11.2. The molecule has 14 nitrogen and oxygen atoms in total. The largest absolute Gasteiger partial charge is 0.461 e. The molecule has 14 heteroatoms. The maximum Gasteiger partial charge on any atom is 0.340 e. The SMILES string of the molecule is CC1CCC=CC=CCC[C@H](O)CC(=O)C[C@@H]2CC[C@@H](C)[C@@](O)(O2)C(O)C(=O)O[C@@H](C)CCC=CC=CCC[C@H](O)CC(=O)C[C@@H]2CCC(C)[C@@](O)(O2)C(O)C(=O)O1. The van der Waals surface area contributed by atoms with Crippen LogP contribution >= 0.6 is 0 Å². The zero-order valence-electron chi connectivity index (χ0n) is 34.7. The zero-order chi connectivity index (χ0) is 42.9. The van der Waals surface area contributed by atoms with E-state index in [9.17, 15) is 49.8 Å². The van der Waals surface area contributed by atoms with Crippen LogP contribution in [0.4, 0.5) is 0 Å². The Morgan fingerprint density at radius 3 is 1.16 bits per heavy atom. The number of carbonyl (C=O) groups excluding carboxylic acids is 4. The van der Waals surface area contributed by atoms with Crippen molar-refractivity contribution in [2.45, 2.75) is 191 Å². The number of ether oxygens (including phenoxy) is 4. The van der Waals surface area contributed by atoms with Crippen molar-refractivity contribution in [3.63, 3.8) is 0 Å². The van der Waals surface area contributed by atoms with Crippen LogP contribution in [0.25, 0.3) is 0 Å². The first kappa shape index (κ1) is 49.3. The lowest BCUT2D eigenvalue weighted by Crippen LogP contribution is -2.58. The van der Waals surface area contributed by atoms with Gasteiger partial charge < -0.3 is 49.6 Å². The highest BCUT2D eigenvalue weighted by atomic mass is 16.7. The molecule has 12 atom stereocenters. The molecule has 0 radical (unpaired) electrons. The Labute approximate surface area is 343 Å². The number of aliphatic hydroxyl groups is 6. The van der Waals surface area contributed by atoms with E-state index < -0.39 is 84.2 Å². The number of cyclic esters (lactones) is 2. The number of aliphatic hydroxyl groups excluding tert-OH is 4. The fourth-order valence-corrected chi connectivity index (χ4v) is 7.45. The van der Waals surface area contributed by atoms with Crippen molar-refractivity contribution in [2.24, 2.45) is 11.8 Å². The summed E-state index contributed by atoms with van der Waals surface area (Å²) in [7, 11) is 0. The molecule has 0 aromatic heterocycles. The molecule has 0 spiro atoms. The quantitative estimate of drug-likeness (QED) is 0.187. The van der Waals surface area contributed by atoms with Crippen LogP contribution in [0.1, 0.15) is 130 Å². The molecular weight excluding hydrogens is 752 g/mol. The molecule has 328 valence electrons. The normalized spacial score (nSPS) is 38.6. The van der Waals surface area contributed by atoms with E-state index in [1.165, 1.54) is 0 Å². The molecule has 0 aromatic rings. The van der Waals surface area contributed by atoms with Crippen molar-refractivity contribution >= 4 is 23.5 Å². The number of hydrogen-bond acceptors (Lipinski definition) is 14. The standard InChI is InChI=1S/C44H68O14/c1-29-21-23-37-27-35(47)25-33(45)19-15-11-8-6-10-14-18-32(4)56-42(52)40(50)44(54)30(2)22-24-38(58-44)28-36(48)26-34(46)20-16-12-7-5-9-13-17-31(3)55-41(51)39(49)43(29,53)57-37/h5-12,29-34,37-40,45-46,49-50,53-54H,13-28H2,1-4H3/t29-,30?,31+,32?,33+,34+,37+,38+,39?,40?,43-,44-/m1/s1. The maximum atomic E-state index is 12.9. The van der Waals surface area contributed by atoms with Gasteiger partial charge in [-0.25, -0.2) is 9.59 Å². The summed E-state index contributed by atoms with van der Waals surface area (Å²) in [5.41, 5.74) is 0. The summed E-state index contributed by atoms with van der Waals surface area (Å²) in [5, 5.41) is 65.2. The van der Waals surface area contributed by atoms with E-state index in [0.29, 0.717) is 77.0 Å². The molecule has 0 aliphatic carbocycles. The van der Waals surface area contributed by atoms with Gasteiger partial charge in [0.05, 0.1) is 36.6 Å². The smallest absolute Gasteiger partial charge is 0.340 e. The van der Waals surface area contributed by atoms with E-state index >= 15 is 0 Å². The Bertz CT molecular complexity index is 1330. The summed E-state index contributed by atoms with van der Waals surface area (Å²) in [6, 6.07) is 0. The summed E-state index contributed by atoms with van der Waals surface area (Å²) in [4.78, 5) is 51.4. The van der Waals surface area contributed by atoms with Crippen molar-refractivity contribution in [3.8, 4) is 0 Å². The number of ketones is 2. The van der Waals surface area contributed by atoms with Gasteiger partial charge >= 0.3 is 11.9 Å². The fourth-order valence-electron chi connectivity index (χ4n) is 7.45. The Morgan fingerprint density at radius 1 is 0.483 bits per heavy atom. The summed E-state index contributed by atoms with van der Waals surface area (Å²) >= 11 is 0. The highest BCUT2D eigenvalue weighted by molar-refractivity contribution is 5.80. The number of fused-ring (bicyclic) bond motifs is 4. The van der Waals surface area contributed by atoms with Gasteiger partial charge in [0.15, 0.2) is 0 Å². The Balaban J connectivity index is 1.63. The molecule has 0 saturated carbocycles. The molecular formula is C44H68O14. The van der Waals surface area contributed by atoms with E-state index in [2.05, 4.69) is 0 Å². The van der Waals surface area contributed by atoms with Crippen LogP contribution in [0.3, 0.4) is 0 Å². The van der Waals surface area contributed by atoms with E-state index in [1.54, 1.807) is 52.0 Å². The summed E-state index contributed by atoms with van der Waals surface area (Å²) in [6.45, 7) is 6.65. The minimum absolute atomic E-state index is 0.0925. The topological polar surface area (TPSA) is 227 Å². The number of hydrogen-bond donors (Lipinski definition) is 6. The number of allylic oxidation sites excluding steroid dienone is 8. The molecule has 3 aliphatic rings. The molecule has 58 heavy (non-hydrogen) atoms. The highest BCUT2D eigenvalue weighted by Crippen LogP contribution is 2.38. The third kappa shape index (κ3) is 15.8. The Hall–Kier alpha value is -3.08. The van der Waals surface area contributed by atoms with Crippen LogP contribution in [0.2, 0.25) is 0 Å². The van der Waals surface area contributed by atoms with Gasteiger partial charge in [0.25, 0.3) is 0 Å². The molecule has 4 bridgehead atoms. The number of carbonyl (C=O) groups is 4. The predicted molar refractivity (Wildman–Crippen MR) is 214 cm³/mol. The van der Waals surface area contributed by atoms with Crippen LogP contribution < -0.4 is 0 Å². The molecule has 6 N–H and O–H groups in total. The lowest BCUT2D eigenvalue weighted by atomic mass is 9.85. The zero-order valence-corrected chi connectivity index (χ0v) is 34.7. The van der Waals surface area contributed by atoms with E-state index in [-0.39, 0.29) is 37.2 Å². The fraction of sp³-hybridized carbons (Fsp3) is 0.727. The van der Waals surface area contributed by atoms with Gasteiger partial charge in [0.1, 0.15) is 11.6 Å². The van der Waals surface area contributed by atoms with Crippen LogP contribution in [0, 0.1) is 11.8 Å². The maximum absolute atomic E-state index is 12.9. The molecule has 0 amide bonds. The molecule has 3 rings (SSSR count). The Kier molecular flexibility index (Phi) is 20.6. The summed E-state index contributed by atoms with van der Waals surface area (Å²) < 4.78 is 22.4. The van der Waals surface area contributed by atoms with E-state index in [0.717, 1.165) is 0 Å². The molecule has 4 unspecified atom stereocenters. The predicted octanol–water partition coefficient (Wildman–Crippen LogP) is 4.36. The van der Waals surface area contributed by atoms with Crippen LogP contribution in [-0.4, -0.2) is 115 Å². The van der Waals surface area contributed by atoms with Gasteiger partial charge in [-0.1, -0.05) is 62.5 Å². The van der Waals surface area contributed by atoms with Gasteiger partial charge in [-0.3, -0.25) is 9.59 Å². The second kappa shape index (κ2) is 24.2. The molecule has 3 aliphatic heterocycles. The summed E-state index contributed by atoms with van der Waals surface area (Å²) in [6.07, 6.45) is 11.1. The molecule has 0 aromatic carbocycles. The average Bonchev–Trinajstić information content (AvgIpc) is 3.15.